The number of carbonyl (C=O) groups is 2. The lowest BCUT2D eigenvalue weighted by Gasteiger charge is -2.24. The number of carboxylic acids is 1. The summed E-state index contributed by atoms with van der Waals surface area (Å²) in [6.45, 7) is 3.72. The van der Waals surface area contributed by atoms with Crippen molar-refractivity contribution in [3.05, 3.63) is 35.9 Å². The molecule has 0 heterocycles. The highest BCUT2D eigenvalue weighted by Crippen LogP contribution is 2.22. The van der Waals surface area contributed by atoms with Crippen LogP contribution in [-0.2, 0) is 15.0 Å². The van der Waals surface area contributed by atoms with Gasteiger partial charge in [-0.1, -0.05) is 30.3 Å². The van der Waals surface area contributed by atoms with Gasteiger partial charge < -0.3 is 15.5 Å². The van der Waals surface area contributed by atoms with Crippen molar-refractivity contribution in [3.8, 4) is 0 Å². The van der Waals surface area contributed by atoms with Gasteiger partial charge >= 0.3 is 5.97 Å². The first kappa shape index (κ1) is 15.2. The third-order valence-corrected chi connectivity index (χ3v) is 3.05. The summed E-state index contributed by atoms with van der Waals surface area (Å²) >= 11 is 0. The van der Waals surface area contributed by atoms with Crippen molar-refractivity contribution in [3.63, 3.8) is 0 Å². The molecule has 19 heavy (non-hydrogen) atoms. The van der Waals surface area contributed by atoms with Crippen LogP contribution in [0.5, 0.6) is 0 Å². The van der Waals surface area contributed by atoms with Gasteiger partial charge in [-0.05, 0) is 19.4 Å². The fraction of sp³-hybridized carbons (Fsp3) is 0.429. The van der Waals surface area contributed by atoms with Crippen LogP contribution in [0.3, 0.4) is 0 Å². The van der Waals surface area contributed by atoms with Crippen LogP contribution in [0.25, 0.3) is 0 Å². The second kappa shape index (κ2) is 6.33. The number of aliphatic carboxylic acids is 1. The molecule has 1 amide bonds. The number of nitrogens with one attached hydrogen (secondary N) is 1. The van der Waals surface area contributed by atoms with E-state index in [0.29, 0.717) is 0 Å². The lowest BCUT2D eigenvalue weighted by molar-refractivity contribution is -0.147. The maximum atomic E-state index is 12.1. The van der Waals surface area contributed by atoms with Gasteiger partial charge in [-0.15, -0.1) is 0 Å². The monoisotopic (exact) mass is 265 g/mol. The molecular weight excluding hydrogens is 246 g/mol. The normalized spacial score (nSPS) is 12.8. The molecule has 1 atom stereocenters. The third kappa shape index (κ3) is 4.06. The number of benzene rings is 1. The van der Waals surface area contributed by atoms with Crippen LogP contribution in [0, 0.1) is 0 Å². The molecule has 0 spiro atoms. The zero-order valence-corrected chi connectivity index (χ0v) is 11.1. The van der Waals surface area contributed by atoms with Crippen LogP contribution in [0.2, 0.25) is 0 Å². The van der Waals surface area contributed by atoms with Crippen molar-refractivity contribution in [2.24, 2.45) is 0 Å². The number of carboxylic acid groups (broad SMARTS) is 1. The predicted octanol–water partition coefficient (Wildman–Crippen LogP) is 0.916. The largest absolute Gasteiger partial charge is 0.479 e. The standard InChI is InChI=1S/C14H19NO4/c1-14(2,10-6-4-3-5-7-10)13(19)15-9-8-11(16)12(17)18/h3-7,11,16H,8-9H2,1-2H3,(H,15,19)(H,17,18)/t11-/m0/s1. The van der Waals surface area contributed by atoms with Crippen molar-refractivity contribution in [2.45, 2.75) is 31.8 Å². The Morgan fingerprint density at radius 1 is 1.26 bits per heavy atom. The average Bonchev–Trinajstić information content (AvgIpc) is 2.39. The second-order valence-electron chi connectivity index (χ2n) is 4.89. The first-order chi connectivity index (χ1) is 8.85. The Kier molecular flexibility index (Phi) is 5.06. The van der Waals surface area contributed by atoms with E-state index >= 15 is 0 Å². The zero-order valence-electron chi connectivity index (χ0n) is 11.1. The molecule has 0 saturated carbocycles. The van der Waals surface area contributed by atoms with E-state index < -0.39 is 17.5 Å². The van der Waals surface area contributed by atoms with Crippen LogP contribution in [-0.4, -0.2) is 34.7 Å². The average molecular weight is 265 g/mol. The minimum Gasteiger partial charge on any atom is -0.479 e. The Morgan fingerprint density at radius 3 is 2.37 bits per heavy atom. The molecule has 0 aliphatic heterocycles. The number of aliphatic hydroxyl groups excluding tert-OH is 1. The maximum absolute atomic E-state index is 12.1. The molecule has 0 saturated heterocycles. The number of carbonyl (C=O) groups excluding carboxylic acids is 1. The lowest BCUT2D eigenvalue weighted by Crippen LogP contribution is -2.41. The van der Waals surface area contributed by atoms with Crippen LogP contribution in [0.4, 0.5) is 0 Å². The van der Waals surface area contributed by atoms with Gasteiger partial charge in [0.2, 0.25) is 5.91 Å². The predicted molar refractivity (Wildman–Crippen MR) is 70.7 cm³/mol. The first-order valence-corrected chi connectivity index (χ1v) is 6.10. The lowest BCUT2D eigenvalue weighted by atomic mass is 9.84. The number of amides is 1. The first-order valence-electron chi connectivity index (χ1n) is 6.10. The molecular formula is C14H19NO4. The summed E-state index contributed by atoms with van der Waals surface area (Å²) in [7, 11) is 0. The van der Waals surface area contributed by atoms with Crippen LogP contribution < -0.4 is 5.32 Å². The van der Waals surface area contributed by atoms with E-state index in [4.69, 9.17) is 10.2 Å². The number of aliphatic hydroxyl groups is 1. The number of hydrogen-bond acceptors (Lipinski definition) is 3. The fourth-order valence-corrected chi connectivity index (χ4v) is 1.65. The van der Waals surface area contributed by atoms with E-state index in [1.807, 2.05) is 30.3 Å². The second-order valence-corrected chi connectivity index (χ2v) is 4.89. The van der Waals surface area contributed by atoms with E-state index in [0.717, 1.165) is 5.56 Å². The smallest absolute Gasteiger partial charge is 0.332 e. The van der Waals surface area contributed by atoms with Gasteiger partial charge in [0, 0.05) is 13.0 Å². The van der Waals surface area contributed by atoms with Crippen LogP contribution >= 0.6 is 0 Å². The molecule has 0 aliphatic carbocycles. The Bertz CT molecular complexity index is 442. The molecule has 0 fully saturated rings. The Labute approximate surface area is 112 Å². The Hall–Kier alpha value is -1.88. The molecule has 0 unspecified atom stereocenters. The maximum Gasteiger partial charge on any atom is 0.332 e. The number of rotatable bonds is 6. The quantitative estimate of drug-likeness (QED) is 0.713. The highest BCUT2D eigenvalue weighted by atomic mass is 16.4. The molecule has 0 aliphatic rings. The highest BCUT2D eigenvalue weighted by Gasteiger charge is 2.29. The SMILES string of the molecule is CC(C)(C(=O)NCC[C@H](O)C(=O)O)c1ccccc1. The summed E-state index contributed by atoms with van der Waals surface area (Å²) in [6, 6.07) is 9.33. The molecule has 3 N–H and O–H groups in total. The third-order valence-electron chi connectivity index (χ3n) is 3.05. The van der Waals surface area contributed by atoms with E-state index in [1.54, 1.807) is 13.8 Å². The molecule has 0 radical (unpaired) electrons. The molecule has 0 aromatic heterocycles. The van der Waals surface area contributed by atoms with Crippen molar-refractivity contribution >= 4 is 11.9 Å². The van der Waals surface area contributed by atoms with Crippen molar-refractivity contribution in [2.75, 3.05) is 6.54 Å². The molecule has 1 aromatic carbocycles. The van der Waals surface area contributed by atoms with E-state index in [-0.39, 0.29) is 18.9 Å². The zero-order chi connectivity index (χ0) is 14.5. The fourth-order valence-electron chi connectivity index (χ4n) is 1.65. The minimum atomic E-state index is -1.44. The van der Waals surface area contributed by atoms with Gasteiger partial charge in [0.15, 0.2) is 6.10 Å². The molecule has 5 heteroatoms. The van der Waals surface area contributed by atoms with Gasteiger partial charge in [0.05, 0.1) is 5.41 Å². The minimum absolute atomic E-state index is 0.00799. The summed E-state index contributed by atoms with van der Waals surface area (Å²) in [5.74, 6) is -1.48. The topological polar surface area (TPSA) is 86.6 Å². The van der Waals surface area contributed by atoms with Crippen LogP contribution in [0.1, 0.15) is 25.8 Å². The van der Waals surface area contributed by atoms with Gasteiger partial charge in [-0.3, -0.25) is 4.79 Å². The molecule has 1 aromatic rings. The van der Waals surface area contributed by atoms with Crippen molar-refractivity contribution in [1.29, 1.82) is 0 Å². The van der Waals surface area contributed by atoms with Gasteiger partial charge in [-0.2, -0.15) is 0 Å². The Morgan fingerprint density at radius 2 is 1.84 bits per heavy atom. The summed E-state index contributed by atoms with van der Waals surface area (Å²) < 4.78 is 0. The van der Waals surface area contributed by atoms with Gasteiger partial charge in [0.1, 0.15) is 0 Å². The van der Waals surface area contributed by atoms with Crippen molar-refractivity contribution < 1.29 is 19.8 Å². The molecule has 5 nitrogen and oxygen atoms in total. The van der Waals surface area contributed by atoms with Crippen molar-refractivity contribution in [1.82, 2.24) is 5.32 Å². The summed E-state index contributed by atoms with van der Waals surface area (Å²) in [5, 5.41) is 20.3. The van der Waals surface area contributed by atoms with Gasteiger partial charge in [0.25, 0.3) is 0 Å². The van der Waals surface area contributed by atoms with Crippen LogP contribution in [0.15, 0.2) is 30.3 Å². The molecule has 0 bridgehead atoms. The van der Waals surface area contributed by atoms with E-state index in [9.17, 15) is 9.59 Å². The number of hydrogen-bond donors (Lipinski definition) is 3. The van der Waals surface area contributed by atoms with E-state index in [2.05, 4.69) is 5.32 Å². The van der Waals surface area contributed by atoms with Gasteiger partial charge in [-0.25, -0.2) is 4.79 Å². The molecule has 104 valence electrons. The summed E-state index contributed by atoms with van der Waals surface area (Å²) in [6.07, 6.45) is -1.45. The Balaban J connectivity index is 2.56. The van der Waals surface area contributed by atoms with E-state index in [1.165, 1.54) is 0 Å². The highest BCUT2D eigenvalue weighted by molar-refractivity contribution is 5.87. The summed E-state index contributed by atoms with van der Waals surface area (Å²) in [4.78, 5) is 22.5. The molecule has 1 rings (SSSR count). The summed E-state index contributed by atoms with van der Waals surface area (Å²) in [5.41, 5.74) is 0.182.